The fourth-order valence-corrected chi connectivity index (χ4v) is 2.75. The highest BCUT2D eigenvalue weighted by atomic mass is 35.5. The molecular formula is C20H20ClFN4. The molecule has 0 saturated heterocycles. The maximum Gasteiger partial charge on any atom is 0.229 e. The van der Waals surface area contributed by atoms with Crippen molar-refractivity contribution in [3.8, 4) is 0 Å². The van der Waals surface area contributed by atoms with Crippen LogP contribution in [-0.4, -0.2) is 16.5 Å². The average Bonchev–Trinajstić information content (AvgIpc) is 2.62. The maximum absolute atomic E-state index is 13.3. The van der Waals surface area contributed by atoms with Crippen molar-refractivity contribution in [1.82, 2.24) is 9.97 Å². The molecule has 3 aromatic rings. The molecule has 0 bridgehead atoms. The minimum atomic E-state index is -0.455. The average molecular weight is 371 g/mol. The Hall–Kier alpha value is -2.66. The first-order valence-electron chi connectivity index (χ1n) is 8.46. The van der Waals surface area contributed by atoms with Gasteiger partial charge in [-0.3, -0.25) is 0 Å². The van der Waals surface area contributed by atoms with Crippen molar-refractivity contribution in [2.75, 3.05) is 17.2 Å². The van der Waals surface area contributed by atoms with Gasteiger partial charge in [-0.2, -0.15) is 4.98 Å². The molecule has 2 aromatic carbocycles. The van der Waals surface area contributed by atoms with Crippen molar-refractivity contribution in [1.29, 1.82) is 0 Å². The molecule has 0 unspecified atom stereocenters. The van der Waals surface area contributed by atoms with Gasteiger partial charge >= 0.3 is 0 Å². The molecule has 0 fully saturated rings. The molecule has 4 nitrogen and oxygen atoms in total. The molecule has 26 heavy (non-hydrogen) atoms. The van der Waals surface area contributed by atoms with E-state index in [2.05, 4.69) is 44.9 Å². The van der Waals surface area contributed by atoms with Gasteiger partial charge in [0.05, 0.1) is 5.02 Å². The number of halogens is 2. The van der Waals surface area contributed by atoms with E-state index in [1.807, 2.05) is 19.1 Å². The number of aromatic nitrogens is 2. The molecule has 1 aromatic heterocycles. The van der Waals surface area contributed by atoms with Crippen molar-refractivity contribution < 1.29 is 4.39 Å². The van der Waals surface area contributed by atoms with Crippen LogP contribution >= 0.6 is 11.6 Å². The summed E-state index contributed by atoms with van der Waals surface area (Å²) < 4.78 is 13.3. The number of rotatable bonds is 7. The quantitative estimate of drug-likeness (QED) is 0.549. The zero-order valence-corrected chi connectivity index (χ0v) is 15.2. The normalized spacial score (nSPS) is 10.6. The van der Waals surface area contributed by atoms with Gasteiger partial charge in [0.25, 0.3) is 0 Å². The van der Waals surface area contributed by atoms with Crippen molar-refractivity contribution in [3.63, 3.8) is 0 Å². The Morgan fingerprint density at radius 3 is 2.62 bits per heavy atom. The third-order valence-electron chi connectivity index (χ3n) is 3.82. The molecule has 134 valence electrons. The molecule has 0 radical (unpaired) electrons. The molecule has 6 heteroatoms. The second kappa shape index (κ2) is 8.63. The summed E-state index contributed by atoms with van der Waals surface area (Å²) in [6.45, 7) is 2.72. The first kappa shape index (κ1) is 18.1. The molecule has 0 amide bonds. The van der Waals surface area contributed by atoms with Crippen LogP contribution < -0.4 is 10.6 Å². The van der Waals surface area contributed by atoms with E-state index in [-0.39, 0.29) is 5.02 Å². The predicted molar refractivity (Wildman–Crippen MR) is 105 cm³/mol. The highest BCUT2D eigenvalue weighted by Gasteiger charge is 2.05. The first-order chi connectivity index (χ1) is 12.6. The van der Waals surface area contributed by atoms with Crippen molar-refractivity contribution >= 4 is 29.1 Å². The number of anilines is 3. The van der Waals surface area contributed by atoms with E-state index in [1.165, 1.54) is 17.7 Å². The van der Waals surface area contributed by atoms with Crippen LogP contribution in [0.5, 0.6) is 0 Å². The molecule has 0 aliphatic carbocycles. The number of nitrogens with zero attached hydrogens (tertiary/aromatic N) is 2. The van der Waals surface area contributed by atoms with Crippen LogP contribution in [0.2, 0.25) is 5.02 Å². The van der Waals surface area contributed by atoms with Crippen LogP contribution in [0.3, 0.4) is 0 Å². The topological polar surface area (TPSA) is 49.8 Å². The maximum atomic E-state index is 13.3. The summed E-state index contributed by atoms with van der Waals surface area (Å²) in [5, 5.41) is 6.44. The second-order valence-corrected chi connectivity index (χ2v) is 6.40. The van der Waals surface area contributed by atoms with Crippen LogP contribution in [0.15, 0.2) is 54.6 Å². The summed E-state index contributed by atoms with van der Waals surface area (Å²) in [7, 11) is 0. The van der Waals surface area contributed by atoms with Crippen LogP contribution in [0.4, 0.5) is 21.8 Å². The first-order valence-corrected chi connectivity index (χ1v) is 8.83. The summed E-state index contributed by atoms with van der Waals surface area (Å²) in [4.78, 5) is 8.81. The molecule has 0 atom stereocenters. The highest BCUT2D eigenvalue weighted by molar-refractivity contribution is 6.31. The highest BCUT2D eigenvalue weighted by Crippen LogP contribution is 2.22. The van der Waals surface area contributed by atoms with E-state index in [4.69, 9.17) is 11.6 Å². The Morgan fingerprint density at radius 2 is 1.85 bits per heavy atom. The SMILES string of the molecule is Cc1cc(NCCCc2ccccc2)nc(Nc2ccc(F)c(Cl)c2)n1. The van der Waals surface area contributed by atoms with E-state index in [9.17, 15) is 4.39 Å². The fourth-order valence-electron chi connectivity index (χ4n) is 2.57. The zero-order valence-electron chi connectivity index (χ0n) is 14.5. The van der Waals surface area contributed by atoms with Crippen molar-refractivity contribution in [2.24, 2.45) is 0 Å². The van der Waals surface area contributed by atoms with Gasteiger partial charge in [0.15, 0.2) is 0 Å². The van der Waals surface area contributed by atoms with E-state index >= 15 is 0 Å². The summed E-state index contributed by atoms with van der Waals surface area (Å²) in [5.41, 5.74) is 2.79. The zero-order chi connectivity index (χ0) is 18.4. The van der Waals surface area contributed by atoms with Crippen LogP contribution in [0.25, 0.3) is 0 Å². The molecule has 0 spiro atoms. The molecule has 0 aliphatic rings. The van der Waals surface area contributed by atoms with Crippen molar-refractivity contribution in [3.05, 3.63) is 76.7 Å². The monoisotopic (exact) mass is 370 g/mol. The number of hydrogen-bond acceptors (Lipinski definition) is 4. The van der Waals surface area contributed by atoms with E-state index < -0.39 is 5.82 Å². The van der Waals surface area contributed by atoms with Crippen LogP contribution in [0, 0.1) is 12.7 Å². The Kier molecular flexibility index (Phi) is 6.02. The fraction of sp³-hybridized carbons (Fsp3) is 0.200. The molecule has 1 heterocycles. The lowest BCUT2D eigenvalue weighted by atomic mass is 10.1. The lowest BCUT2D eigenvalue weighted by Gasteiger charge is -2.10. The van der Waals surface area contributed by atoms with Gasteiger partial charge in [-0.25, -0.2) is 9.37 Å². The van der Waals surface area contributed by atoms with E-state index in [1.54, 1.807) is 6.07 Å². The van der Waals surface area contributed by atoms with Gasteiger partial charge in [0.2, 0.25) is 5.95 Å². The predicted octanol–water partition coefficient (Wildman–Crippen LogP) is 5.37. The largest absolute Gasteiger partial charge is 0.370 e. The number of aryl methyl sites for hydroxylation is 2. The van der Waals surface area contributed by atoms with Gasteiger partial charge in [-0.05, 0) is 43.5 Å². The third kappa shape index (κ3) is 5.17. The molecule has 0 saturated carbocycles. The number of nitrogens with one attached hydrogen (secondary N) is 2. The Labute approximate surface area is 157 Å². The Bertz CT molecular complexity index is 871. The minimum Gasteiger partial charge on any atom is -0.370 e. The lowest BCUT2D eigenvalue weighted by Crippen LogP contribution is -2.07. The number of hydrogen-bond donors (Lipinski definition) is 2. The summed E-state index contributed by atoms with van der Waals surface area (Å²) in [6, 6.07) is 16.7. The van der Waals surface area contributed by atoms with Gasteiger partial charge in [0.1, 0.15) is 11.6 Å². The smallest absolute Gasteiger partial charge is 0.229 e. The van der Waals surface area contributed by atoms with Gasteiger partial charge < -0.3 is 10.6 Å². The van der Waals surface area contributed by atoms with Gasteiger partial charge in [-0.1, -0.05) is 41.9 Å². The van der Waals surface area contributed by atoms with Crippen LogP contribution in [-0.2, 0) is 6.42 Å². The van der Waals surface area contributed by atoms with E-state index in [0.717, 1.165) is 30.9 Å². The molecule has 0 aliphatic heterocycles. The standard InChI is InChI=1S/C20H20ClFN4/c1-14-12-19(23-11-5-8-15-6-3-2-4-7-15)26-20(24-14)25-16-9-10-18(22)17(21)13-16/h2-4,6-7,9-10,12-13H,5,8,11H2,1H3,(H2,23,24,25,26). The Morgan fingerprint density at radius 1 is 1.04 bits per heavy atom. The number of benzene rings is 2. The van der Waals surface area contributed by atoms with Crippen LogP contribution in [0.1, 0.15) is 17.7 Å². The van der Waals surface area contributed by atoms with Gasteiger partial charge in [-0.15, -0.1) is 0 Å². The summed E-state index contributed by atoms with van der Waals surface area (Å²) >= 11 is 5.81. The lowest BCUT2D eigenvalue weighted by molar-refractivity contribution is 0.628. The van der Waals surface area contributed by atoms with Gasteiger partial charge in [0, 0.05) is 24.0 Å². The summed E-state index contributed by atoms with van der Waals surface area (Å²) in [6.07, 6.45) is 2.01. The molecule has 3 rings (SSSR count). The minimum absolute atomic E-state index is 0.0573. The third-order valence-corrected chi connectivity index (χ3v) is 4.11. The molecular weight excluding hydrogens is 351 g/mol. The molecule has 2 N–H and O–H groups in total. The Balaban J connectivity index is 1.59. The van der Waals surface area contributed by atoms with Crippen molar-refractivity contribution in [2.45, 2.75) is 19.8 Å². The summed E-state index contributed by atoms with van der Waals surface area (Å²) in [5.74, 6) is 0.739. The van der Waals surface area contributed by atoms with E-state index in [0.29, 0.717) is 11.6 Å². The second-order valence-electron chi connectivity index (χ2n) is 5.99.